The van der Waals surface area contributed by atoms with Crippen molar-refractivity contribution < 1.29 is 14.4 Å². The van der Waals surface area contributed by atoms with Crippen molar-refractivity contribution in [3.8, 4) is 0 Å². The van der Waals surface area contributed by atoms with Crippen LogP contribution in [0.1, 0.15) is 35.7 Å². The third-order valence-electron chi connectivity index (χ3n) is 4.25. The van der Waals surface area contributed by atoms with Gasteiger partial charge in [0.25, 0.3) is 5.91 Å². The highest BCUT2D eigenvalue weighted by Crippen LogP contribution is 2.24. The molecule has 2 aromatic rings. The molecule has 0 unspecified atom stereocenters. The zero-order valence-corrected chi connectivity index (χ0v) is 14.6. The van der Waals surface area contributed by atoms with Gasteiger partial charge in [-0.2, -0.15) is 0 Å². The fourth-order valence-electron chi connectivity index (χ4n) is 2.88. The Kier molecular flexibility index (Phi) is 5.31. The molecule has 2 aromatic carbocycles. The van der Waals surface area contributed by atoms with Crippen LogP contribution in [0, 0.1) is 0 Å². The molecule has 3 rings (SSSR count). The van der Waals surface area contributed by atoms with Crippen LogP contribution in [-0.2, 0) is 16.1 Å². The molecule has 134 valence electrons. The highest BCUT2D eigenvalue weighted by molar-refractivity contribution is 6.05. The van der Waals surface area contributed by atoms with Crippen LogP contribution < -0.4 is 15.5 Å². The first-order valence-electron chi connectivity index (χ1n) is 8.58. The van der Waals surface area contributed by atoms with E-state index in [1.807, 2.05) is 30.3 Å². The largest absolute Gasteiger partial charge is 0.352 e. The van der Waals surface area contributed by atoms with E-state index in [0.29, 0.717) is 30.8 Å². The molecule has 6 heteroatoms. The van der Waals surface area contributed by atoms with Crippen LogP contribution in [0.15, 0.2) is 48.5 Å². The number of amides is 3. The molecule has 0 bridgehead atoms. The topological polar surface area (TPSA) is 78.5 Å². The van der Waals surface area contributed by atoms with E-state index < -0.39 is 0 Å². The van der Waals surface area contributed by atoms with Crippen molar-refractivity contribution in [3.05, 3.63) is 59.7 Å². The number of nitrogens with one attached hydrogen (secondary N) is 2. The smallest absolute Gasteiger partial charge is 0.255 e. The first kappa shape index (κ1) is 17.7. The van der Waals surface area contributed by atoms with Gasteiger partial charge in [0.2, 0.25) is 11.8 Å². The minimum Gasteiger partial charge on any atom is -0.352 e. The lowest BCUT2D eigenvalue weighted by atomic mass is 10.1. The average Bonchev–Trinajstić information content (AvgIpc) is 3.06. The van der Waals surface area contributed by atoms with E-state index in [9.17, 15) is 14.4 Å². The van der Waals surface area contributed by atoms with Crippen LogP contribution in [0.4, 0.5) is 11.4 Å². The molecule has 0 aliphatic carbocycles. The second-order valence-electron chi connectivity index (χ2n) is 6.26. The first-order chi connectivity index (χ1) is 12.5. The van der Waals surface area contributed by atoms with Gasteiger partial charge in [-0.25, -0.2) is 0 Å². The normalized spacial score (nSPS) is 13.6. The van der Waals surface area contributed by atoms with Crippen molar-refractivity contribution in [1.29, 1.82) is 0 Å². The highest BCUT2D eigenvalue weighted by Gasteiger charge is 2.21. The SMILES string of the molecule is CC(=O)NCc1ccc(C(=O)Nc2cccc(N3CCCC3=O)c2)cc1. The third kappa shape index (κ3) is 4.27. The first-order valence-corrected chi connectivity index (χ1v) is 8.58. The van der Waals surface area contributed by atoms with Crippen LogP contribution in [0.2, 0.25) is 0 Å². The summed E-state index contributed by atoms with van der Waals surface area (Å²) in [6, 6.07) is 14.4. The molecule has 1 aliphatic rings. The van der Waals surface area contributed by atoms with E-state index in [-0.39, 0.29) is 17.7 Å². The van der Waals surface area contributed by atoms with E-state index in [4.69, 9.17) is 0 Å². The van der Waals surface area contributed by atoms with Crippen molar-refractivity contribution in [2.45, 2.75) is 26.3 Å². The van der Waals surface area contributed by atoms with Crippen molar-refractivity contribution in [2.24, 2.45) is 0 Å². The lowest BCUT2D eigenvalue weighted by Gasteiger charge is -2.16. The Labute approximate surface area is 152 Å². The summed E-state index contributed by atoms with van der Waals surface area (Å²) in [4.78, 5) is 37.0. The molecule has 1 heterocycles. The number of carbonyl (C=O) groups excluding carboxylic acids is 3. The maximum absolute atomic E-state index is 12.4. The summed E-state index contributed by atoms with van der Waals surface area (Å²) >= 11 is 0. The molecule has 1 fully saturated rings. The predicted octanol–water partition coefficient (Wildman–Crippen LogP) is 2.70. The summed E-state index contributed by atoms with van der Waals surface area (Å²) in [6.07, 6.45) is 1.43. The van der Waals surface area contributed by atoms with Crippen LogP contribution in [0.3, 0.4) is 0 Å². The van der Waals surface area contributed by atoms with Crippen molar-refractivity contribution in [2.75, 3.05) is 16.8 Å². The molecule has 0 atom stereocenters. The molecule has 2 N–H and O–H groups in total. The van der Waals surface area contributed by atoms with Crippen LogP contribution in [-0.4, -0.2) is 24.3 Å². The zero-order chi connectivity index (χ0) is 18.5. The zero-order valence-electron chi connectivity index (χ0n) is 14.6. The number of hydrogen-bond acceptors (Lipinski definition) is 3. The maximum atomic E-state index is 12.4. The number of anilines is 2. The molecular formula is C20H21N3O3. The van der Waals surface area contributed by atoms with Crippen LogP contribution >= 0.6 is 0 Å². The molecule has 1 aliphatic heterocycles. The molecule has 0 spiro atoms. The molecule has 0 saturated carbocycles. The fourth-order valence-corrected chi connectivity index (χ4v) is 2.88. The Balaban J connectivity index is 1.66. The lowest BCUT2D eigenvalue weighted by Crippen LogP contribution is -2.23. The van der Waals surface area contributed by atoms with Gasteiger partial charge in [-0.15, -0.1) is 0 Å². The summed E-state index contributed by atoms with van der Waals surface area (Å²) < 4.78 is 0. The van der Waals surface area contributed by atoms with E-state index >= 15 is 0 Å². The summed E-state index contributed by atoms with van der Waals surface area (Å²) in [7, 11) is 0. The third-order valence-corrected chi connectivity index (χ3v) is 4.25. The van der Waals surface area contributed by atoms with Crippen LogP contribution in [0.5, 0.6) is 0 Å². The number of nitrogens with zero attached hydrogens (tertiary/aromatic N) is 1. The van der Waals surface area contributed by atoms with Gasteiger partial charge in [-0.1, -0.05) is 18.2 Å². The van der Waals surface area contributed by atoms with E-state index in [2.05, 4.69) is 10.6 Å². The number of rotatable bonds is 5. The molecule has 6 nitrogen and oxygen atoms in total. The lowest BCUT2D eigenvalue weighted by molar-refractivity contribution is -0.119. The Morgan fingerprint density at radius 3 is 2.54 bits per heavy atom. The summed E-state index contributed by atoms with van der Waals surface area (Å²) in [5, 5.41) is 5.58. The molecule has 1 saturated heterocycles. The summed E-state index contributed by atoms with van der Waals surface area (Å²) in [6.45, 7) is 2.61. The quantitative estimate of drug-likeness (QED) is 0.869. The summed E-state index contributed by atoms with van der Waals surface area (Å²) in [5.41, 5.74) is 2.90. The number of benzene rings is 2. The van der Waals surface area contributed by atoms with Gasteiger partial charge < -0.3 is 15.5 Å². The molecular weight excluding hydrogens is 330 g/mol. The van der Waals surface area contributed by atoms with Crippen molar-refractivity contribution in [1.82, 2.24) is 5.32 Å². The molecule has 0 aromatic heterocycles. The minimum atomic E-state index is -0.221. The van der Waals surface area contributed by atoms with Gasteiger partial charge >= 0.3 is 0 Å². The Morgan fingerprint density at radius 2 is 1.88 bits per heavy atom. The highest BCUT2D eigenvalue weighted by atomic mass is 16.2. The number of hydrogen-bond donors (Lipinski definition) is 2. The van der Waals surface area contributed by atoms with Gasteiger partial charge in [0, 0.05) is 43.4 Å². The van der Waals surface area contributed by atoms with Gasteiger partial charge in [-0.05, 0) is 42.3 Å². The Hall–Kier alpha value is -3.15. The average molecular weight is 351 g/mol. The minimum absolute atomic E-state index is 0.0943. The number of carbonyl (C=O) groups is 3. The van der Waals surface area contributed by atoms with E-state index in [1.54, 1.807) is 23.1 Å². The van der Waals surface area contributed by atoms with Gasteiger partial charge in [-0.3, -0.25) is 14.4 Å². The van der Waals surface area contributed by atoms with E-state index in [1.165, 1.54) is 6.92 Å². The van der Waals surface area contributed by atoms with Crippen molar-refractivity contribution >= 4 is 29.1 Å². The van der Waals surface area contributed by atoms with E-state index in [0.717, 1.165) is 17.7 Å². The second kappa shape index (κ2) is 7.82. The summed E-state index contributed by atoms with van der Waals surface area (Å²) in [5.74, 6) is -0.201. The molecule has 26 heavy (non-hydrogen) atoms. The molecule has 3 amide bonds. The van der Waals surface area contributed by atoms with Crippen molar-refractivity contribution in [3.63, 3.8) is 0 Å². The maximum Gasteiger partial charge on any atom is 0.255 e. The second-order valence-corrected chi connectivity index (χ2v) is 6.26. The van der Waals surface area contributed by atoms with Gasteiger partial charge in [0.15, 0.2) is 0 Å². The molecule has 0 radical (unpaired) electrons. The van der Waals surface area contributed by atoms with Crippen LogP contribution in [0.25, 0.3) is 0 Å². The fraction of sp³-hybridized carbons (Fsp3) is 0.250. The standard InChI is InChI=1S/C20H21N3O3/c1-14(24)21-13-15-7-9-16(10-8-15)20(26)22-17-4-2-5-18(12-17)23-11-3-6-19(23)25/h2,4-5,7-10,12H,3,6,11,13H2,1H3,(H,21,24)(H,22,26). The Morgan fingerprint density at radius 1 is 1.12 bits per heavy atom. The van der Waals surface area contributed by atoms with Gasteiger partial charge in [0.05, 0.1) is 0 Å². The van der Waals surface area contributed by atoms with Gasteiger partial charge in [0.1, 0.15) is 0 Å². The predicted molar refractivity (Wildman–Crippen MR) is 99.9 cm³/mol. The monoisotopic (exact) mass is 351 g/mol. The Bertz CT molecular complexity index is 830.